The average molecular weight is 425 g/mol. The van der Waals surface area contributed by atoms with E-state index in [4.69, 9.17) is 0 Å². The van der Waals surface area contributed by atoms with Crippen molar-refractivity contribution in [1.82, 2.24) is 4.98 Å². The topological polar surface area (TPSA) is 76.1 Å². The van der Waals surface area contributed by atoms with Crippen LogP contribution >= 0.6 is 11.3 Å². The zero-order valence-corrected chi connectivity index (χ0v) is 17.7. The third-order valence-electron chi connectivity index (χ3n) is 4.76. The van der Waals surface area contributed by atoms with Gasteiger partial charge in [0.15, 0.2) is 15.0 Å². The Bertz CT molecular complexity index is 1310. The summed E-state index contributed by atoms with van der Waals surface area (Å²) in [5.74, 6) is -0.187. The molecule has 0 spiro atoms. The van der Waals surface area contributed by atoms with E-state index in [1.165, 1.54) is 11.3 Å². The highest BCUT2D eigenvalue weighted by molar-refractivity contribution is 7.92. The standard InChI is InChI=1S/C22H20N2O3S2/c1-14(2)29(26,27)17-10-7-15(8-11-17)13-20(25)24-22-23-19-12-9-16-5-3-4-6-18(16)21(19)28-22/h3-12,14H,13H2,1-2H3,(H,23,24,25). The first kappa shape index (κ1) is 19.5. The minimum atomic E-state index is -3.31. The van der Waals surface area contributed by atoms with Crippen LogP contribution in [0, 0.1) is 0 Å². The van der Waals surface area contributed by atoms with E-state index in [1.807, 2.05) is 30.3 Å². The second-order valence-electron chi connectivity index (χ2n) is 7.12. The van der Waals surface area contributed by atoms with E-state index in [1.54, 1.807) is 38.1 Å². The molecule has 7 heteroatoms. The highest BCUT2D eigenvalue weighted by atomic mass is 32.2. The molecule has 3 aromatic carbocycles. The second kappa shape index (κ2) is 7.57. The van der Waals surface area contributed by atoms with Crippen molar-refractivity contribution in [3.63, 3.8) is 0 Å². The maximum Gasteiger partial charge on any atom is 0.230 e. The van der Waals surface area contributed by atoms with E-state index >= 15 is 0 Å². The molecule has 29 heavy (non-hydrogen) atoms. The first-order valence-electron chi connectivity index (χ1n) is 9.25. The Morgan fingerprint density at radius 1 is 1.03 bits per heavy atom. The van der Waals surface area contributed by atoms with Gasteiger partial charge in [-0.2, -0.15) is 0 Å². The predicted octanol–water partition coefficient (Wildman–Crippen LogP) is 4.81. The number of hydrogen-bond acceptors (Lipinski definition) is 5. The highest BCUT2D eigenvalue weighted by Gasteiger charge is 2.19. The van der Waals surface area contributed by atoms with Gasteiger partial charge in [-0.05, 0) is 43.0 Å². The molecule has 1 amide bonds. The fourth-order valence-electron chi connectivity index (χ4n) is 3.13. The molecule has 0 atom stereocenters. The van der Waals surface area contributed by atoms with E-state index in [9.17, 15) is 13.2 Å². The molecule has 1 heterocycles. The van der Waals surface area contributed by atoms with E-state index in [0.717, 1.165) is 26.6 Å². The molecule has 0 aliphatic heterocycles. The van der Waals surface area contributed by atoms with Crippen LogP contribution in [-0.2, 0) is 21.1 Å². The van der Waals surface area contributed by atoms with Crippen molar-refractivity contribution in [2.75, 3.05) is 5.32 Å². The molecule has 0 fully saturated rings. The first-order valence-corrected chi connectivity index (χ1v) is 11.6. The summed E-state index contributed by atoms with van der Waals surface area (Å²) < 4.78 is 25.4. The van der Waals surface area contributed by atoms with Crippen LogP contribution in [0.2, 0.25) is 0 Å². The smallest absolute Gasteiger partial charge is 0.230 e. The van der Waals surface area contributed by atoms with Crippen molar-refractivity contribution in [3.8, 4) is 0 Å². The van der Waals surface area contributed by atoms with Gasteiger partial charge in [0, 0.05) is 5.39 Å². The summed E-state index contributed by atoms with van der Waals surface area (Å²) in [5.41, 5.74) is 1.60. The van der Waals surface area contributed by atoms with Crippen LogP contribution in [0.3, 0.4) is 0 Å². The number of thiazole rings is 1. The number of carbonyl (C=O) groups excluding carboxylic acids is 1. The molecular weight excluding hydrogens is 404 g/mol. The molecule has 4 rings (SSSR count). The lowest BCUT2D eigenvalue weighted by atomic mass is 10.1. The summed E-state index contributed by atoms with van der Waals surface area (Å²) in [5, 5.41) is 5.19. The van der Waals surface area contributed by atoms with Crippen LogP contribution in [0.25, 0.3) is 21.0 Å². The molecule has 0 radical (unpaired) electrons. The van der Waals surface area contributed by atoms with Crippen LogP contribution in [-0.4, -0.2) is 24.6 Å². The molecule has 1 N–H and O–H groups in total. The van der Waals surface area contributed by atoms with Gasteiger partial charge in [0.2, 0.25) is 5.91 Å². The van der Waals surface area contributed by atoms with Crippen LogP contribution in [0.1, 0.15) is 19.4 Å². The maximum absolute atomic E-state index is 12.4. The number of rotatable bonds is 5. The summed E-state index contributed by atoms with van der Waals surface area (Å²) in [4.78, 5) is 17.2. The van der Waals surface area contributed by atoms with Gasteiger partial charge in [-0.1, -0.05) is 53.8 Å². The van der Waals surface area contributed by atoms with Crippen molar-refractivity contribution in [2.24, 2.45) is 0 Å². The number of benzene rings is 3. The van der Waals surface area contributed by atoms with Gasteiger partial charge in [-0.3, -0.25) is 4.79 Å². The van der Waals surface area contributed by atoms with Crippen LogP contribution < -0.4 is 5.32 Å². The lowest BCUT2D eigenvalue weighted by Gasteiger charge is -2.08. The number of anilines is 1. The quantitative estimate of drug-likeness (QED) is 0.499. The number of nitrogens with zero attached hydrogens (tertiary/aromatic N) is 1. The van der Waals surface area contributed by atoms with E-state index in [-0.39, 0.29) is 17.2 Å². The predicted molar refractivity (Wildman–Crippen MR) is 118 cm³/mol. The molecule has 0 bridgehead atoms. The molecule has 0 aliphatic rings. The number of hydrogen-bond donors (Lipinski definition) is 1. The van der Waals surface area contributed by atoms with Gasteiger partial charge in [0.1, 0.15) is 0 Å². The Morgan fingerprint density at radius 2 is 1.76 bits per heavy atom. The lowest BCUT2D eigenvalue weighted by Crippen LogP contribution is -2.15. The number of fused-ring (bicyclic) bond motifs is 3. The van der Waals surface area contributed by atoms with Crippen molar-refractivity contribution in [2.45, 2.75) is 30.4 Å². The third-order valence-corrected chi connectivity index (χ3v) is 7.95. The molecule has 5 nitrogen and oxygen atoms in total. The second-order valence-corrected chi connectivity index (χ2v) is 10.6. The number of nitrogens with one attached hydrogen (secondary N) is 1. The largest absolute Gasteiger partial charge is 0.302 e. The molecule has 0 saturated heterocycles. The van der Waals surface area contributed by atoms with Crippen molar-refractivity contribution >= 4 is 53.2 Å². The molecule has 0 aliphatic carbocycles. The zero-order chi connectivity index (χ0) is 20.6. The average Bonchev–Trinajstić information content (AvgIpc) is 3.11. The first-order chi connectivity index (χ1) is 13.8. The highest BCUT2D eigenvalue weighted by Crippen LogP contribution is 2.32. The lowest BCUT2D eigenvalue weighted by molar-refractivity contribution is -0.115. The molecular formula is C22H20N2O3S2. The SMILES string of the molecule is CC(C)S(=O)(=O)c1ccc(CC(=O)Nc2nc3ccc4ccccc4c3s2)cc1. The van der Waals surface area contributed by atoms with Gasteiger partial charge >= 0.3 is 0 Å². The molecule has 1 aromatic heterocycles. The summed E-state index contributed by atoms with van der Waals surface area (Å²) in [6.07, 6.45) is 0.151. The number of carbonyl (C=O) groups is 1. The third kappa shape index (κ3) is 3.88. The van der Waals surface area contributed by atoms with Crippen molar-refractivity contribution in [3.05, 3.63) is 66.2 Å². The summed E-state index contributed by atoms with van der Waals surface area (Å²) in [7, 11) is -3.31. The number of aromatic nitrogens is 1. The molecule has 0 saturated carbocycles. The Balaban J connectivity index is 1.51. The van der Waals surface area contributed by atoms with E-state index < -0.39 is 15.1 Å². The summed E-state index contributed by atoms with van der Waals surface area (Å²) in [6, 6.07) is 18.5. The van der Waals surface area contributed by atoms with Gasteiger partial charge in [-0.25, -0.2) is 13.4 Å². The Morgan fingerprint density at radius 3 is 2.48 bits per heavy atom. The number of amides is 1. The normalized spacial score (nSPS) is 12.0. The Labute approximate surface area is 173 Å². The van der Waals surface area contributed by atoms with Gasteiger partial charge in [-0.15, -0.1) is 0 Å². The minimum Gasteiger partial charge on any atom is -0.302 e. The van der Waals surface area contributed by atoms with Crippen LogP contribution in [0.4, 0.5) is 5.13 Å². The maximum atomic E-state index is 12.4. The van der Waals surface area contributed by atoms with Crippen molar-refractivity contribution < 1.29 is 13.2 Å². The fourth-order valence-corrected chi connectivity index (χ4v) is 5.20. The Hall–Kier alpha value is -2.77. The van der Waals surface area contributed by atoms with Crippen molar-refractivity contribution in [1.29, 1.82) is 0 Å². The fraction of sp³-hybridized carbons (Fsp3) is 0.182. The van der Waals surface area contributed by atoms with Gasteiger partial charge in [0.25, 0.3) is 0 Å². The zero-order valence-electron chi connectivity index (χ0n) is 16.0. The minimum absolute atomic E-state index is 0.151. The Kier molecular flexibility index (Phi) is 5.10. The summed E-state index contributed by atoms with van der Waals surface area (Å²) in [6.45, 7) is 3.30. The summed E-state index contributed by atoms with van der Waals surface area (Å²) >= 11 is 1.45. The number of sulfone groups is 1. The van der Waals surface area contributed by atoms with E-state index in [0.29, 0.717) is 5.13 Å². The van der Waals surface area contributed by atoms with Crippen LogP contribution in [0.5, 0.6) is 0 Å². The molecule has 0 unspecified atom stereocenters. The van der Waals surface area contributed by atoms with E-state index in [2.05, 4.69) is 16.4 Å². The van der Waals surface area contributed by atoms with Gasteiger partial charge in [0.05, 0.1) is 26.8 Å². The molecule has 148 valence electrons. The van der Waals surface area contributed by atoms with Crippen LogP contribution in [0.15, 0.2) is 65.6 Å². The van der Waals surface area contributed by atoms with Gasteiger partial charge < -0.3 is 5.32 Å². The monoisotopic (exact) mass is 424 g/mol. The molecule has 4 aromatic rings.